The molecule has 4 heteroatoms. The van der Waals surface area contributed by atoms with Gasteiger partial charge in [-0.3, -0.25) is 16.3 Å². The molecule has 2 heterocycles. The number of aromatic nitrogens is 1. The Hall–Kier alpha value is -1.23. The van der Waals surface area contributed by atoms with Crippen LogP contribution in [0.15, 0.2) is 29.8 Å². The Bertz CT molecular complexity index is 547. The number of pyridine rings is 1. The monoisotopic (exact) mass is 273 g/mol. The van der Waals surface area contributed by atoms with E-state index in [9.17, 15) is 0 Å². The summed E-state index contributed by atoms with van der Waals surface area (Å²) >= 11 is 1.87. The van der Waals surface area contributed by atoms with Gasteiger partial charge in [-0.05, 0) is 54.8 Å². The van der Waals surface area contributed by atoms with Crippen molar-refractivity contribution in [2.45, 2.75) is 38.1 Å². The number of fused-ring (bicyclic) bond motifs is 1. The van der Waals surface area contributed by atoms with E-state index in [-0.39, 0.29) is 6.04 Å². The number of thiophene rings is 1. The summed E-state index contributed by atoms with van der Waals surface area (Å²) < 4.78 is 0. The van der Waals surface area contributed by atoms with E-state index < -0.39 is 0 Å². The Morgan fingerprint density at radius 2 is 2.32 bits per heavy atom. The fraction of sp³-hybridized carbons (Fsp3) is 0.400. The minimum Gasteiger partial charge on any atom is -0.271 e. The van der Waals surface area contributed by atoms with Gasteiger partial charge in [0.2, 0.25) is 0 Å². The molecule has 0 spiro atoms. The van der Waals surface area contributed by atoms with Crippen molar-refractivity contribution in [3.05, 3.63) is 51.5 Å². The van der Waals surface area contributed by atoms with E-state index in [1.54, 1.807) is 0 Å². The number of hydrogen-bond acceptors (Lipinski definition) is 4. The van der Waals surface area contributed by atoms with Crippen molar-refractivity contribution in [3.63, 3.8) is 0 Å². The number of hydrogen-bond donors (Lipinski definition) is 2. The van der Waals surface area contributed by atoms with Gasteiger partial charge in [0.15, 0.2) is 0 Å². The summed E-state index contributed by atoms with van der Waals surface area (Å²) in [5, 5.41) is 2.20. The number of nitrogens with one attached hydrogen (secondary N) is 1. The van der Waals surface area contributed by atoms with Gasteiger partial charge in [-0.25, -0.2) is 0 Å². The first-order valence-corrected chi connectivity index (χ1v) is 7.62. The zero-order valence-electron chi connectivity index (χ0n) is 11.1. The van der Waals surface area contributed by atoms with Gasteiger partial charge in [0, 0.05) is 22.7 Å². The van der Waals surface area contributed by atoms with Crippen LogP contribution in [0.25, 0.3) is 0 Å². The van der Waals surface area contributed by atoms with Crippen molar-refractivity contribution < 1.29 is 0 Å². The first-order chi connectivity index (χ1) is 9.29. The van der Waals surface area contributed by atoms with Crippen molar-refractivity contribution in [1.29, 1.82) is 0 Å². The number of nitrogens with two attached hydrogens (primary N) is 1. The predicted molar refractivity (Wildman–Crippen MR) is 79.0 cm³/mol. The van der Waals surface area contributed by atoms with Gasteiger partial charge < -0.3 is 0 Å². The summed E-state index contributed by atoms with van der Waals surface area (Å²) in [5.41, 5.74) is 6.69. The summed E-state index contributed by atoms with van der Waals surface area (Å²) in [7, 11) is 0. The Morgan fingerprint density at radius 1 is 1.42 bits per heavy atom. The zero-order chi connectivity index (χ0) is 13.2. The van der Waals surface area contributed by atoms with Crippen molar-refractivity contribution >= 4 is 11.3 Å². The second-order valence-corrected chi connectivity index (χ2v) is 6.18. The van der Waals surface area contributed by atoms with Crippen LogP contribution >= 0.6 is 11.3 Å². The number of nitrogens with zero attached hydrogens (tertiary/aromatic N) is 1. The van der Waals surface area contributed by atoms with Crippen LogP contribution in [0.2, 0.25) is 0 Å². The molecule has 0 bridgehead atoms. The van der Waals surface area contributed by atoms with Crippen LogP contribution in [0.3, 0.4) is 0 Å². The van der Waals surface area contributed by atoms with E-state index in [0.29, 0.717) is 5.92 Å². The van der Waals surface area contributed by atoms with Gasteiger partial charge in [-0.15, -0.1) is 11.3 Å². The average Bonchev–Trinajstić information content (AvgIpc) is 2.91. The Morgan fingerprint density at radius 3 is 3.05 bits per heavy atom. The van der Waals surface area contributed by atoms with Crippen molar-refractivity contribution in [3.8, 4) is 0 Å². The van der Waals surface area contributed by atoms with Crippen LogP contribution in [-0.2, 0) is 6.42 Å². The molecule has 1 aliphatic rings. The lowest BCUT2D eigenvalue weighted by Gasteiger charge is -2.30. The molecule has 0 amide bonds. The quantitative estimate of drug-likeness (QED) is 0.667. The zero-order valence-corrected chi connectivity index (χ0v) is 11.9. The highest BCUT2D eigenvalue weighted by Gasteiger charge is 2.29. The van der Waals surface area contributed by atoms with Gasteiger partial charge >= 0.3 is 0 Å². The Kier molecular flexibility index (Phi) is 3.64. The van der Waals surface area contributed by atoms with Crippen LogP contribution in [0, 0.1) is 6.92 Å². The van der Waals surface area contributed by atoms with E-state index in [1.165, 1.54) is 35.3 Å². The molecule has 3 N–H and O–H groups in total. The molecule has 19 heavy (non-hydrogen) atoms. The lowest BCUT2D eigenvalue weighted by atomic mass is 9.80. The maximum atomic E-state index is 5.83. The molecule has 0 aromatic carbocycles. The smallest absolute Gasteiger partial charge is 0.0544 e. The van der Waals surface area contributed by atoms with Crippen molar-refractivity contribution in [2.24, 2.45) is 5.84 Å². The summed E-state index contributed by atoms with van der Waals surface area (Å²) in [6, 6.07) is 6.60. The van der Waals surface area contributed by atoms with E-state index in [2.05, 4.69) is 34.0 Å². The molecular formula is C15H19N3S. The molecule has 2 unspecified atom stereocenters. The summed E-state index contributed by atoms with van der Waals surface area (Å²) in [5.74, 6) is 6.29. The second kappa shape index (κ2) is 5.41. The molecule has 2 aromatic rings. The lowest BCUT2D eigenvalue weighted by Crippen LogP contribution is -2.33. The van der Waals surface area contributed by atoms with Crippen LogP contribution in [0.5, 0.6) is 0 Å². The maximum absolute atomic E-state index is 5.83. The molecule has 0 aliphatic heterocycles. The number of rotatable bonds is 3. The molecule has 2 atom stereocenters. The minimum atomic E-state index is 0.154. The van der Waals surface area contributed by atoms with Crippen molar-refractivity contribution in [1.82, 2.24) is 10.4 Å². The average molecular weight is 273 g/mol. The van der Waals surface area contributed by atoms with Gasteiger partial charge in [0.1, 0.15) is 0 Å². The van der Waals surface area contributed by atoms with E-state index in [1.807, 2.05) is 24.5 Å². The fourth-order valence-corrected chi connectivity index (χ4v) is 3.97. The van der Waals surface area contributed by atoms with Crippen molar-refractivity contribution in [2.75, 3.05) is 0 Å². The molecule has 0 saturated carbocycles. The highest BCUT2D eigenvalue weighted by molar-refractivity contribution is 7.10. The first-order valence-electron chi connectivity index (χ1n) is 6.74. The Balaban J connectivity index is 1.94. The van der Waals surface area contributed by atoms with Gasteiger partial charge in [0.05, 0.1) is 6.04 Å². The first kappa shape index (κ1) is 12.8. The second-order valence-electron chi connectivity index (χ2n) is 5.18. The maximum Gasteiger partial charge on any atom is 0.0544 e. The SMILES string of the molecule is Cc1ccc(C(NN)C2CCCc3sccc32)cn1. The highest BCUT2D eigenvalue weighted by Crippen LogP contribution is 2.41. The predicted octanol–water partition coefficient (Wildman–Crippen LogP) is 3.08. The normalized spacial score (nSPS) is 20.0. The molecular weight excluding hydrogens is 254 g/mol. The fourth-order valence-electron chi connectivity index (χ4n) is 2.98. The van der Waals surface area contributed by atoms with Gasteiger partial charge in [-0.1, -0.05) is 6.07 Å². The molecule has 0 fully saturated rings. The van der Waals surface area contributed by atoms with Crippen LogP contribution in [0.4, 0.5) is 0 Å². The number of hydrazine groups is 1. The van der Waals surface area contributed by atoms with E-state index in [0.717, 1.165) is 5.69 Å². The molecule has 3 nitrogen and oxygen atoms in total. The molecule has 100 valence electrons. The number of aryl methyl sites for hydroxylation is 2. The van der Waals surface area contributed by atoms with Crippen LogP contribution < -0.4 is 11.3 Å². The van der Waals surface area contributed by atoms with Crippen LogP contribution in [0.1, 0.15) is 46.5 Å². The molecule has 1 aliphatic carbocycles. The summed E-state index contributed by atoms with van der Waals surface area (Å²) in [6.45, 7) is 2.01. The summed E-state index contributed by atoms with van der Waals surface area (Å²) in [4.78, 5) is 5.92. The lowest BCUT2D eigenvalue weighted by molar-refractivity contribution is 0.410. The third-order valence-corrected chi connectivity index (χ3v) is 4.97. The van der Waals surface area contributed by atoms with E-state index in [4.69, 9.17) is 5.84 Å². The minimum absolute atomic E-state index is 0.154. The highest BCUT2D eigenvalue weighted by atomic mass is 32.1. The third-order valence-electron chi connectivity index (χ3n) is 3.97. The molecule has 2 aromatic heterocycles. The topological polar surface area (TPSA) is 50.9 Å². The van der Waals surface area contributed by atoms with Crippen LogP contribution in [-0.4, -0.2) is 4.98 Å². The summed E-state index contributed by atoms with van der Waals surface area (Å²) in [6.07, 6.45) is 5.59. The largest absolute Gasteiger partial charge is 0.271 e. The van der Waals surface area contributed by atoms with E-state index >= 15 is 0 Å². The molecule has 3 rings (SSSR count). The van der Waals surface area contributed by atoms with Gasteiger partial charge in [-0.2, -0.15) is 0 Å². The van der Waals surface area contributed by atoms with Gasteiger partial charge in [0.25, 0.3) is 0 Å². The molecule has 0 saturated heterocycles. The standard InChI is InChI=1S/C15H19N3S/c1-10-5-6-11(9-17-10)15(18-16)13-3-2-4-14-12(13)7-8-19-14/h5-9,13,15,18H,2-4,16H2,1H3. The molecule has 0 radical (unpaired) electrons. The Labute approximate surface area is 117 Å². The third kappa shape index (κ3) is 2.43.